The maximum Gasteiger partial charge on any atom is 0.208 e. The summed E-state index contributed by atoms with van der Waals surface area (Å²) < 4.78 is 10.8. The Morgan fingerprint density at radius 3 is 3.20 bits per heavy atom. The van der Waals surface area contributed by atoms with Crippen LogP contribution in [0.25, 0.3) is 0 Å². The summed E-state index contributed by atoms with van der Waals surface area (Å²) in [5, 5.41) is 3.45. The molecular weight excluding hydrogens is 192 g/mol. The molecule has 1 aliphatic rings. The average molecular weight is 210 g/mol. The summed E-state index contributed by atoms with van der Waals surface area (Å²) >= 11 is 0. The maximum absolute atomic E-state index is 5.40. The van der Waals surface area contributed by atoms with E-state index in [9.17, 15) is 0 Å². The van der Waals surface area contributed by atoms with Gasteiger partial charge in [-0.25, -0.2) is 4.98 Å². The van der Waals surface area contributed by atoms with Gasteiger partial charge in [0.25, 0.3) is 0 Å². The molecule has 1 aromatic rings. The molecule has 0 aromatic carbocycles. The van der Waals surface area contributed by atoms with Gasteiger partial charge in [-0.15, -0.1) is 0 Å². The van der Waals surface area contributed by atoms with Crippen molar-refractivity contribution in [3.63, 3.8) is 0 Å². The van der Waals surface area contributed by atoms with Crippen LogP contribution >= 0.6 is 0 Å². The molecule has 1 saturated heterocycles. The molecule has 1 N–H and O–H groups in total. The van der Waals surface area contributed by atoms with Crippen LogP contribution in [0.2, 0.25) is 0 Å². The van der Waals surface area contributed by atoms with E-state index in [2.05, 4.69) is 10.3 Å². The molecule has 15 heavy (non-hydrogen) atoms. The number of ether oxygens (including phenoxy) is 1. The van der Waals surface area contributed by atoms with E-state index in [4.69, 9.17) is 9.15 Å². The van der Waals surface area contributed by atoms with Crippen molar-refractivity contribution < 1.29 is 9.15 Å². The molecule has 0 aliphatic carbocycles. The minimum absolute atomic E-state index is 0.541. The highest BCUT2D eigenvalue weighted by molar-refractivity contribution is 4.90. The number of aryl methyl sites for hydroxylation is 1. The second-order valence-electron chi connectivity index (χ2n) is 3.99. The van der Waals surface area contributed by atoms with Crippen LogP contribution in [0.4, 0.5) is 0 Å². The lowest BCUT2D eigenvalue weighted by Gasteiger charge is -2.13. The highest BCUT2D eigenvalue weighted by Gasteiger charge is 2.12. The molecule has 84 valence electrons. The van der Waals surface area contributed by atoms with E-state index in [0.29, 0.717) is 6.04 Å². The lowest BCUT2D eigenvalue weighted by molar-refractivity contribution is 0.142. The molecular formula is C11H18N2O2. The zero-order valence-electron chi connectivity index (χ0n) is 9.16. The van der Waals surface area contributed by atoms with Gasteiger partial charge in [-0.05, 0) is 26.2 Å². The van der Waals surface area contributed by atoms with Crippen LogP contribution in [0.3, 0.4) is 0 Å². The summed E-state index contributed by atoms with van der Waals surface area (Å²) in [4.78, 5) is 4.16. The first-order valence-corrected chi connectivity index (χ1v) is 5.57. The van der Waals surface area contributed by atoms with Crippen LogP contribution in [0.5, 0.6) is 0 Å². The van der Waals surface area contributed by atoms with E-state index in [-0.39, 0.29) is 0 Å². The first-order chi connectivity index (χ1) is 7.34. The molecule has 0 saturated carbocycles. The largest absolute Gasteiger partial charge is 0.445 e. The molecule has 2 heterocycles. The van der Waals surface area contributed by atoms with Crippen molar-refractivity contribution >= 4 is 0 Å². The van der Waals surface area contributed by atoms with E-state index < -0.39 is 0 Å². The topological polar surface area (TPSA) is 47.3 Å². The van der Waals surface area contributed by atoms with Crippen molar-refractivity contribution in [2.24, 2.45) is 0 Å². The highest BCUT2D eigenvalue weighted by atomic mass is 16.5. The van der Waals surface area contributed by atoms with Crippen molar-refractivity contribution in [3.05, 3.63) is 17.8 Å². The molecule has 1 fully saturated rings. The Balaban J connectivity index is 1.76. The molecule has 0 bridgehead atoms. The highest BCUT2D eigenvalue weighted by Crippen LogP contribution is 2.09. The van der Waals surface area contributed by atoms with Gasteiger partial charge in [-0.2, -0.15) is 0 Å². The second kappa shape index (κ2) is 5.28. The minimum Gasteiger partial charge on any atom is -0.445 e. The van der Waals surface area contributed by atoms with Crippen molar-refractivity contribution in [1.29, 1.82) is 0 Å². The second-order valence-corrected chi connectivity index (χ2v) is 3.99. The van der Waals surface area contributed by atoms with Gasteiger partial charge in [0, 0.05) is 19.3 Å². The van der Waals surface area contributed by atoms with Crippen LogP contribution in [0.15, 0.2) is 10.6 Å². The SMILES string of the molecule is Cc1cnc(CNC2CCCOCC2)o1. The summed E-state index contributed by atoms with van der Waals surface area (Å²) in [6, 6.07) is 0.541. The Labute approximate surface area is 90.0 Å². The zero-order chi connectivity index (χ0) is 10.5. The van der Waals surface area contributed by atoms with Crippen LogP contribution in [-0.2, 0) is 11.3 Å². The van der Waals surface area contributed by atoms with Gasteiger partial charge >= 0.3 is 0 Å². The molecule has 0 amide bonds. The van der Waals surface area contributed by atoms with Crippen LogP contribution in [-0.4, -0.2) is 24.2 Å². The van der Waals surface area contributed by atoms with Gasteiger partial charge in [-0.3, -0.25) is 0 Å². The predicted octanol–water partition coefficient (Wildman–Crippen LogP) is 1.64. The number of aromatic nitrogens is 1. The summed E-state index contributed by atoms with van der Waals surface area (Å²) in [6.45, 7) is 4.40. The Bertz CT molecular complexity index is 291. The Hall–Kier alpha value is -0.870. The van der Waals surface area contributed by atoms with Crippen LogP contribution in [0, 0.1) is 6.92 Å². The number of hydrogen-bond acceptors (Lipinski definition) is 4. The van der Waals surface area contributed by atoms with Gasteiger partial charge in [0.15, 0.2) is 0 Å². The van der Waals surface area contributed by atoms with Crippen LogP contribution < -0.4 is 5.32 Å². The summed E-state index contributed by atoms with van der Waals surface area (Å²) in [5.41, 5.74) is 0. The third-order valence-corrected chi connectivity index (χ3v) is 2.66. The molecule has 4 heteroatoms. The molecule has 2 rings (SSSR count). The fourth-order valence-electron chi connectivity index (χ4n) is 1.82. The first kappa shape index (κ1) is 10.6. The smallest absolute Gasteiger partial charge is 0.208 e. The summed E-state index contributed by atoms with van der Waals surface area (Å²) in [7, 11) is 0. The van der Waals surface area contributed by atoms with E-state index in [1.54, 1.807) is 6.20 Å². The Morgan fingerprint density at radius 1 is 1.47 bits per heavy atom. The van der Waals surface area contributed by atoms with Gasteiger partial charge in [0.2, 0.25) is 5.89 Å². The van der Waals surface area contributed by atoms with Crippen molar-refractivity contribution in [1.82, 2.24) is 10.3 Å². The van der Waals surface area contributed by atoms with E-state index in [1.165, 1.54) is 6.42 Å². The summed E-state index contributed by atoms with van der Waals surface area (Å²) in [5.74, 6) is 1.65. The quantitative estimate of drug-likeness (QED) is 0.824. The fraction of sp³-hybridized carbons (Fsp3) is 0.727. The normalized spacial score (nSPS) is 22.6. The van der Waals surface area contributed by atoms with E-state index in [0.717, 1.165) is 44.3 Å². The number of rotatable bonds is 3. The van der Waals surface area contributed by atoms with Crippen molar-refractivity contribution in [2.75, 3.05) is 13.2 Å². The summed E-state index contributed by atoms with van der Waals surface area (Å²) in [6.07, 6.45) is 5.16. The molecule has 1 aromatic heterocycles. The molecule has 0 radical (unpaired) electrons. The Kier molecular flexibility index (Phi) is 3.75. The standard InChI is InChI=1S/C11H18N2O2/c1-9-7-13-11(15-9)8-12-10-3-2-5-14-6-4-10/h7,10,12H,2-6,8H2,1H3. The number of nitrogens with one attached hydrogen (secondary N) is 1. The lowest BCUT2D eigenvalue weighted by atomic mass is 10.1. The molecule has 1 aliphatic heterocycles. The molecule has 0 spiro atoms. The molecule has 1 unspecified atom stereocenters. The molecule has 4 nitrogen and oxygen atoms in total. The van der Waals surface area contributed by atoms with E-state index >= 15 is 0 Å². The number of nitrogens with zero attached hydrogens (tertiary/aromatic N) is 1. The zero-order valence-corrected chi connectivity index (χ0v) is 9.16. The third-order valence-electron chi connectivity index (χ3n) is 2.66. The minimum atomic E-state index is 0.541. The maximum atomic E-state index is 5.40. The predicted molar refractivity (Wildman–Crippen MR) is 56.5 cm³/mol. The Morgan fingerprint density at radius 2 is 2.40 bits per heavy atom. The van der Waals surface area contributed by atoms with Crippen molar-refractivity contribution in [2.45, 2.75) is 38.8 Å². The third kappa shape index (κ3) is 3.32. The van der Waals surface area contributed by atoms with Gasteiger partial charge in [-0.1, -0.05) is 0 Å². The number of oxazole rings is 1. The first-order valence-electron chi connectivity index (χ1n) is 5.57. The number of hydrogen-bond donors (Lipinski definition) is 1. The van der Waals surface area contributed by atoms with Gasteiger partial charge < -0.3 is 14.5 Å². The monoisotopic (exact) mass is 210 g/mol. The average Bonchev–Trinajstić information content (AvgIpc) is 2.52. The van der Waals surface area contributed by atoms with Crippen molar-refractivity contribution in [3.8, 4) is 0 Å². The molecule has 1 atom stereocenters. The lowest BCUT2D eigenvalue weighted by Crippen LogP contribution is -2.28. The van der Waals surface area contributed by atoms with E-state index in [1.807, 2.05) is 6.92 Å². The van der Waals surface area contributed by atoms with Gasteiger partial charge in [0.1, 0.15) is 5.76 Å². The fourth-order valence-corrected chi connectivity index (χ4v) is 1.82. The van der Waals surface area contributed by atoms with Crippen LogP contribution in [0.1, 0.15) is 30.9 Å². The van der Waals surface area contributed by atoms with Gasteiger partial charge in [0.05, 0.1) is 12.7 Å².